The molecule has 0 saturated carbocycles. The second kappa shape index (κ2) is 11.1. The van der Waals surface area contributed by atoms with Gasteiger partial charge in [-0.05, 0) is 35.9 Å². The van der Waals surface area contributed by atoms with Gasteiger partial charge < -0.3 is 9.80 Å². The molecule has 0 aromatic heterocycles. The lowest BCUT2D eigenvalue weighted by molar-refractivity contribution is -0.124. The molecule has 2 amide bonds. The first-order valence-corrected chi connectivity index (χ1v) is 11.1. The maximum Gasteiger partial charge on any atom is 0.253 e. The summed E-state index contributed by atoms with van der Waals surface area (Å²) in [7, 11) is 3.25. The summed E-state index contributed by atoms with van der Waals surface area (Å²) in [4.78, 5) is 53.6. The van der Waals surface area contributed by atoms with Crippen LogP contribution in [0.5, 0.6) is 0 Å². The summed E-state index contributed by atoms with van der Waals surface area (Å²) >= 11 is 12.1. The average molecular weight is 497 g/mol. The van der Waals surface area contributed by atoms with Crippen LogP contribution >= 0.6 is 23.2 Å². The number of rotatable bonds is 8. The highest BCUT2D eigenvalue weighted by molar-refractivity contribution is 6.46. The molecule has 0 N–H and O–H groups in total. The lowest BCUT2D eigenvalue weighted by atomic mass is 10.0. The summed E-state index contributed by atoms with van der Waals surface area (Å²) in [6.45, 7) is 0.0577. The Morgan fingerprint density at radius 2 is 1.44 bits per heavy atom. The number of halogens is 2. The van der Waals surface area contributed by atoms with Crippen molar-refractivity contribution in [2.75, 3.05) is 19.0 Å². The molecule has 3 aromatic carbocycles. The number of ketones is 2. The Morgan fingerprint density at radius 1 is 0.765 bits per heavy atom. The van der Waals surface area contributed by atoms with Crippen LogP contribution in [0.1, 0.15) is 32.7 Å². The molecule has 8 heteroatoms. The van der Waals surface area contributed by atoms with E-state index in [0.29, 0.717) is 26.9 Å². The van der Waals surface area contributed by atoms with Gasteiger partial charge in [0.15, 0.2) is 0 Å². The van der Waals surface area contributed by atoms with Gasteiger partial charge in [0, 0.05) is 30.9 Å². The SMILES string of the molecule is CN(C)C(=O)c1cccc(N(Cc2ccc(Cl)c(Cl)c2)C(=O)CC(=O)C(=O)c2ccccc2)c1. The van der Waals surface area contributed by atoms with Crippen LogP contribution in [0.25, 0.3) is 0 Å². The molecule has 3 rings (SSSR count). The van der Waals surface area contributed by atoms with E-state index in [9.17, 15) is 19.2 Å². The first-order valence-electron chi connectivity index (χ1n) is 10.4. The molecule has 0 aliphatic rings. The fraction of sp³-hybridized carbons (Fsp3) is 0.154. The lowest BCUT2D eigenvalue weighted by Gasteiger charge is -2.24. The van der Waals surface area contributed by atoms with Crippen molar-refractivity contribution in [2.24, 2.45) is 0 Å². The third kappa shape index (κ3) is 6.10. The minimum absolute atomic E-state index is 0.0577. The highest BCUT2D eigenvalue weighted by Crippen LogP contribution is 2.26. The zero-order chi connectivity index (χ0) is 24.8. The first-order chi connectivity index (χ1) is 16.2. The van der Waals surface area contributed by atoms with Crippen molar-refractivity contribution in [3.05, 3.63) is 99.5 Å². The van der Waals surface area contributed by atoms with Crippen molar-refractivity contribution in [1.29, 1.82) is 0 Å². The number of hydrogen-bond donors (Lipinski definition) is 0. The Kier molecular flexibility index (Phi) is 8.21. The van der Waals surface area contributed by atoms with Gasteiger partial charge in [-0.1, -0.05) is 65.7 Å². The standard InChI is InChI=1S/C26H22Cl2N2O4/c1-29(2)26(34)19-9-6-10-20(14-19)30(16-17-11-12-21(27)22(28)13-17)24(32)15-23(31)25(33)18-7-4-3-5-8-18/h3-14H,15-16H2,1-2H3. The summed E-state index contributed by atoms with van der Waals surface area (Å²) in [6, 6.07) is 19.5. The van der Waals surface area contributed by atoms with Gasteiger partial charge in [0.25, 0.3) is 5.91 Å². The second-order valence-corrected chi connectivity index (χ2v) is 8.59. The molecule has 34 heavy (non-hydrogen) atoms. The van der Waals surface area contributed by atoms with Crippen molar-refractivity contribution in [1.82, 2.24) is 4.90 Å². The minimum atomic E-state index is -0.823. The van der Waals surface area contributed by atoms with Crippen molar-refractivity contribution >= 4 is 52.3 Å². The van der Waals surface area contributed by atoms with Gasteiger partial charge in [-0.15, -0.1) is 0 Å². The second-order valence-electron chi connectivity index (χ2n) is 7.77. The Balaban J connectivity index is 1.92. The van der Waals surface area contributed by atoms with E-state index >= 15 is 0 Å². The van der Waals surface area contributed by atoms with E-state index in [1.807, 2.05) is 0 Å². The lowest BCUT2D eigenvalue weighted by Crippen LogP contribution is -2.34. The molecular weight excluding hydrogens is 475 g/mol. The zero-order valence-electron chi connectivity index (χ0n) is 18.6. The van der Waals surface area contributed by atoms with Crippen molar-refractivity contribution in [3.8, 4) is 0 Å². The number of Topliss-reactive ketones (excluding diaryl/α,β-unsaturated/α-hetero) is 2. The number of anilines is 1. The van der Waals surface area contributed by atoms with Crippen LogP contribution in [0, 0.1) is 0 Å². The molecule has 0 fully saturated rings. The molecule has 0 aliphatic heterocycles. The minimum Gasteiger partial charge on any atom is -0.345 e. The molecule has 6 nitrogen and oxygen atoms in total. The summed E-state index contributed by atoms with van der Waals surface area (Å²) in [5.74, 6) is -2.38. The molecule has 0 saturated heterocycles. The van der Waals surface area contributed by atoms with Crippen LogP contribution in [-0.2, 0) is 16.1 Å². The largest absolute Gasteiger partial charge is 0.345 e. The van der Waals surface area contributed by atoms with Crippen molar-refractivity contribution in [3.63, 3.8) is 0 Å². The average Bonchev–Trinajstić information content (AvgIpc) is 2.84. The number of nitrogens with zero attached hydrogens (tertiary/aromatic N) is 2. The first kappa shape index (κ1) is 25.1. The van der Waals surface area contributed by atoms with E-state index in [1.165, 1.54) is 21.9 Å². The van der Waals surface area contributed by atoms with Crippen molar-refractivity contribution in [2.45, 2.75) is 13.0 Å². The molecule has 0 aliphatic carbocycles. The maximum absolute atomic E-state index is 13.3. The predicted octanol–water partition coefficient (Wildman–Crippen LogP) is 5.07. The molecule has 0 unspecified atom stereocenters. The fourth-order valence-corrected chi connectivity index (χ4v) is 3.59. The number of carbonyl (C=O) groups excluding carboxylic acids is 4. The van der Waals surface area contributed by atoms with Gasteiger partial charge in [-0.2, -0.15) is 0 Å². The van der Waals surface area contributed by atoms with Crippen LogP contribution in [0.2, 0.25) is 10.0 Å². The molecule has 3 aromatic rings. The van der Waals surface area contributed by atoms with Gasteiger partial charge in [0.1, 0.15) is 0 Å². The van der Waals surface area contributed by atoms with Crippen molar-refractivity contribution < 1.29 is 19.2 Å². The highest BCUT2D eigenvalue weighted by atomic mass is 35.5. The molecule has 0 bridgehead atoms. The Morgan fingerprint density at radius 3 is 2.09 bits per heavy atom. The normalized spacial score (nSPS) is 10.5. The smallest absolute Gasteiger partial charge is 0.253 e. The third-order valence-electron chi connectivity index (χ3n) is 5.04. The van der Waals surface area contributed by atoms with Gasteiger partial charge in [-0.25, -0.2) is 0 Å². The van der Waals surface area contributed by atoms with E-state index in [2.05, 4.69) is 0 Å². The monoisotopic (exact) mass is 496 g/mol. The van der Waals surface area contributed by atoms with Crippen LogP contribution in [0.3, 0.4) is 0 Å². The van der Waals surface area contributed by atoms with Crippen LogP contribution in [-0.4, -0.2) is 42.4 Å². The molecule has 0 atom stereocenters. The van der Waals surface area contributed by atoms with E-state index in [0.717, 1.165) is 0 Å². The third-order valence-corrected chi connectivity index (χ3v) is 5.78. The van der Waals surface area contributed by atoms with Crippen LogP contribution in [0.4, 0.5) is 5.69 Å². The van der Waals surface area contributed by atoms with E-state index in [-0.39, 0.29) is 18.0 Å². The summed E-state index contributed by atoms with van der Waals surface area (Å²) < 4.78 is 0. The molecule has 0 spiro atoms. The van der Waals surface area contributed by atoms with E-state index in [4.69, 9.17) is 23.2 Å². The Bertz CT molecular complexity index is 1240. The van der Waals surface area contributed by atoms with E-state index < -0.39 is 23.9 Å². The molecule has 0 radical (unpaired) electrons. The number of carbonyl (C=O) groups is 4. The number of benzene rings is 3. The molecule has 0 heterocycles. The summed E-state index contributed by atoms with van der Waals surface area (Å²) in [5.41, 5.74) is 1.66. The number of amides is 2. The highest BCUT2D eigenvalue weighted by Gasteiger charge is 2.25. The van der Waals surface area contributed by atoms with Gasteiger partial charge >= 0.3 is 0 Å². The van der Waals surface area contributed by atoms with Gasteiger partial charge in [0.2, 0.25) is 17.5 Å². The zero-order valence-corrected chi connectivity index (χ0v) is 20.1. The van der Waals surface area contributed by atoms with Gasteiger partial charge in [-0.3, -0.25) is 19.2 Å². The van der Waals surface area contributed by atoms with Gasteiger partial charge in [0.05, 0.1) is 23.0 Å². The maximum atomic E-state index is 13.3. The Labute approximate surface area is 207 Å². The van der Waals surface area contributed by atoms with E-state index in [1.54, 1.807) is 74.8 Å². The topological polar surface area (TPSA) is 74.8 Å². The molecular formula is C26H22Cl2N2O4. The Hall–Kier alpha value is -3.48. The fourth-order valence-electron chi connectivity index (χ4n) is 3.27. The quantitative estimate of drug-likeness (QED) is 0.248. The predicted molar refractivity (Wildman–Crippen MR) is 133 cm³/mol. The van der Waals surface area contributed by atoms with Crippen LogP contribution in [0.15, 0.2) is 72.8 Å². The van der Waals surface area contributed by atoms with Crippen LogP contribution < -0.4 is 4.90 Å². The number of hydrogen-bond acceptors (Lipinski definition) is 4. The summed E-state index contributed by atoms with van der Waals surface area (Å²) in [6.07, 6.45) is -0.624. The summed E-state index contributed by atoms with van der Waals surface area (Å²) in [5, 5.41) is 0.684. The molecule has 174 valence electrons.